The van der Waals surface area contributed by atoms with Gasteiger partial charge in [-0.15, -0.1) is 0 Å². The van der Waals surface area contributed by atoms with Crippen molar-refractivity contribution < 1.29 is 19.5 Å². The number of rotatable bonds is 10. The third-order valence-electron chi connectivity index (χ3n) is 6.89. The highest BCUT2D eigenvalue weighted by Gasteiger charge is 2.39. The normalized spacial score (nSPS) is 17.6. The van der Waals surface area contributed by atoms with Gasteiger partial charge in [0, 0.05) is 38.0 Å². The van der Waals surface area contributed by atoms with Crippen LogP contribution < -0.4 is 16.0 Å². The van der Waals surface area contributed by atoms with Gasteiger partial charge in [0.2, 0.25) is 17.7 Å². The summed E-state index contributed by atoms with van der Waals surface area (Å²) in [4.78, 5) is 41.4. The maximum Gasteiger partial charge on any atom is 0.243 e. The van der Waals surface area contributed by atoms with Crippen LogP contribution in [-0.4, -0.2) is 72.1 Å². The predicted octanol–water partition coefficient (Wildman–Crippen LogP) is 3.02. The second-order valence-corrected chi connectivity index (χ2v) is 12.9. The van der Waals surface area contributed by atoms with E-state index < -0.39 is 23.6 Å². The van der Waals surface area contributed by atoms with Crippen molar-refractivity contribution in [1.82, 2.24) is 20.9 Å². The van der Waals surface area contributed by atoms with Crippen LogP contribution in [-0.2, 0) is 20.8 Å². The number of nitrogens with zero attached hydrogens (tertiary/aromatic N) is 1. The Balaban J connectivity index is 1.72. The largest absolute Gasteiger partial charge is 0.390 e. The summed E-state index contributed by atoms with van der Waals surface area (Å²) in [6.07, 6.45) is 0.842. The van der Waals surface area contributed by atoms with E-state index in [2.05, 4.69) is 36.7 Å². The van der Waals surface area contributed by atoms with Gasteiger partial charge in [0.25, 0.3) is 0 Å². The van der Waals surface area contributed by atoms with E-state index >= 15 is 0 Å². The zero-order chi connectivity index (χ0) is 28.8. The van der Waals surface area contributed by atoms with E-state index in [1.807, 2.05) is 63.2 Å². The van der Waals surface area contributed by atoms with Crippen molar-refractivity contribution in [2.45, 2.75) is 79.0 Å². The summed E-state index contributed by atoms with van der Waals surface area (Å²) < 4.78 is 0. The number of fused-ring (bicyclic) bond motifs is 1. The molecule has 0 aromatic heterocycles. The van der Waals surface area contributed by atoms with E-state index in [9.17, 15) is 19.5 Å². The highest BCUT2D eigenvalue weighted by atomic mass is 16.3. The molecule has 3 rings (SSSR count). The van der Waals surface area contributed by atoms with Crippen molar-refractivity contribution in [2.75, 3.05) is 26.2 Å². The van der Waals surface area contributed by atoms with Gasteiger partial charge in [0.05, 0.1) is 6.10 Å². The molecule has 0 radical (unpaired) electrons. The first-order valence-electron chi connectivity index (χ1n) is 14.0. The van der Waals surface area contributed by atoms with E-state index in [1.165, 1.54) is 0 Å². The Labute approximate surface area is 232 Å². The van der Waals surface area contributed by atoms with Crippen LogP contribution >= 0.6 is 0 Å². The number of likely N-dealkylation sites (tertiary alicyclic amines) is 1. The van der Waals surface area contributed by atoms with Crippen molar-refractivity contribution in [3.63, 3.8) is 0 Å². The molecule has 0 saturated carbocycles. The lowest BCUT2D eigenvalue weighted by molar-refractivity contribution is -0.145. The molecular formula is C31H46N4O4. The fourth-order valence-corrected chi connectivity index (χ4v) is 4.82. The smallest absolute Gasteiger partial charge is 0.243 e. The van der Waals surface area contributed by atoms with E-state index in [4.69, 9.17) is 0 Å². The van der Waals surface area contributed by atoms with Crippen molar-refractivity contribution in [3.8, 4) is 0 Å². The fraction of sp³-hybridized carbons (Fsp3) is 0.581. The van der Waals surface area contributed by atoms with Crippen LogP contribution in [0.4, 0.5) is 0 Å². The number of aliphatic hydroxyl groups excluding tert-OH is 1. The van der Waals surface area contributed by atoms with E-state index in [0.29, 0.717) is 25.9 Å². The summed E-state index contributed by atoms with van der Waals surface area (Å²) in [5.41, 5.74) is 0.401. The lowest BCUT2D eigenvalue weighted by Crippen LogP contribution is -2.55. The monoisotopic (exact) mass is 538 g/mol. The third kappa shape index (κ3) is 9.04. The summed E-state index contributed by atoms with van der Waals surface area (Å²) in [7, 11) is 0. The van der Waals surface area contributed by atoms with Crippen LogP contribution in [0.25, 0.3) is 10.8 Å². The predicted molar refractivity (Wildman–Crippen MR) is 155 cm³/mol. The quantitative estimate of drug-likeness (QED) is 0.372. The van der Waals surface area contributed by atoms with Crippen molar-refractivity contribution in [2.24, 2.45) is 10.8 Å². The molecule has 1 heterocycles. The minimum atomic E-state index is -0.847. The molecule has 2 aromatic carbocycles. The molecule has 1 unspecified atom stereocenters. The standard InChI is InChI=1S/C31H46N4O4/c1-30(2,3)20-32-18-24(36)19-33-27(37)25(17-21-13-14-22-10-7-8-11-23(22)16-21)34-28(38)26-12-9-15-35(26)29(39)31(4,5)6/h7-8,10-11,13-14,16,24-26,32,36H,9,12,15,17-20H2,1-6H3,(H,33,37)(H,34,38)/t24-,25+,26?/m0/s1. The van der Waals surface area contributed by atoms with Gasteiger partial charge in [0.15, 0.2) is 0 Å². The van der Waals surface area contributed by atoms with Crippen molar-refractivity contribution in [1.29, 1.82) is 0 Å². The van der Waals surface area contributed by atoms with E-state index in [1.54, 1.807) is 4.90 Å². The molecule has 39 heavy (non-hydrogen) atoms. The minimum absolute atomic E-state index is 0.0676. The highest BCUT2D eigenvalue weighted by molar-refractivity contribution is 5.93. The Kier molecular flexibility index (Phi) is 10.1. The molecule has 0 bridgehead atoms. The number of nitrogens with one attached hydrogen (secondary N) is 3. The maximum atomic E-state index is 13.4. The summed E-state index contributed by atoms with van der Waals surface area (Å²) >= 11 is 0. The lowest BCUT2D eigenvalue weighted by atomic mass is 9.94. The first-order valence-corrected chi connectivity index (χ1v) is 14.0. The van der Waals surface area contributed by atoms with Crippen LogP contribution in [0, 0.1) is 10.8 Å². The number of carbonyl (C=O) groups excluding carboxylic acids is 3. The molecular weight excluding hydrogens is 492 g/mol. The zero-order valence-electron chi connectivity index (χ0n) is 24.3. The Morgan fingerprint density at radius 3 is 2.36 bits per heavy atom. The molecule has 4 N–H and O–H groups in total. The summed E-state index contributed by atoms with van der Waals surface area (Å²) in [6.45, 7) is 13.6. The van der Waals surface area contributed by atoms with Gasteiger partial charge in [-0.05, 0) is 34.6 Å². The minimum Gasteiger partial charge on any atom is -0.390 e. The topological polar surface area (TPSA) is 111 Å². The third-order valence-corrected chi connectivity index (χ3v) is 6.89. The summed E-state index contributed by atoms with van der Waals surface area (Å²) in [6, 6.07) is 12.5. The molecule has 1 aliphatic rings. The molecule has 1 fully saturated rings. The molecule has 214 valence electrons. The van der Waals surface area contributed by atoms with Gasteiger partial charge < -0.3 is 26.0 Å². The van der Waals surface area contributed by atoms with Gasteiger partial charge in [-0.25, -0.2) is 0 Å². The number of hydrogen-bond donors (Lipinski definition) is 4. The molecule has 8 nitrogen and oxygen atoms in total. The average molecular weight is 539 g/mol. The number of benzene rings is 2. The van der Waals surface area contributed by atoms with Crippen molar-refractivity contribution >= 4 is 28.5 Å². The lowest BCUT2D eigenvalue weighted by Gasteiger charge is -2.31. The van der Waals surface area contributed by atoms with Crippen LogP contribution in [0.15, 0.2) is 42.5 Å². The molecule has 3 amide bonds. The molecule has 3 atom stereocenters. The van der Waals surface area contributed by atoms with Crippen LogP contribution in [0.5, 0.6) is 0 Å². The molecule has 1 saturated heterocycles. The first-order chi connectivity index (χ1) is 18.2. The zero-order valence-corrected chi connectivity index (χ0v) is 24.3. The molecule has 2 aromatic rings. The first kappa shape index (κ1) is 30.6. The summed E-state index contributed by atoms with van der Waals surface area (Å²) in [5.74, 6) is -0.752. The molecule has 0 aliphatic carbocycles. The Morgan fingerprint density at radius 2 is 1.69 bits per heavy atom. The van der Waals surface area contributed by atoms with Gasteiger partial charge in [-0.2, -0.15) is 0 Å². The van der Waals surface area contributed by atoms with E-state index in [0.717, 1.165) is 29.3 Å². The van der Waals surface area contributed by atoms with Gasteiger partial charge in [-0.1, -0.05) is 84.0 Å². The van der Waals surface area contributed by atoms with Crippen LogP contribution in [0.3, 0.4) is 0 Å². The Hall–Kier alpha value is -2.97. The Morgan fingerprint density at radius 1 is 1.00 bits per heavy atom. The summed E-state index contributed by atoms with van der Waals surface area (Å²) in [5, 5.41) is 21.5. The highest BCUT2D eigenvalue weighted by Crippen LogP contribution is 2.26. The SMILES string of the molecule is CC(C)(C)CNC[C@H](O)CNC(=O)[C@@H](Cc1ccc2ccccc2c1)NC(=O)C1CCCN1C(=O)C(C)(C)C. The van der Waals surface area contributed by atoms with Gasteiger partial charge in [-0.3, -0.25) is 14.4 Å². The second-order valence-electron chi connectivity index (χ2n) is 12.9. The Bertz CT molecular complexity index is 1150. The average Bonchev–Trinajstić information content (AvgIpc) is 3.35. The maximum absolute atomic E-state index is 13.4. The molecule has 8 heteroatoms. The number of carbonyl (C=O) groups is 3. The number of hydrogen-bond acceptors (Lipinski definition) is 5. The molecule has 1 aliphatic heterocycles. The van der Waals surface area contributed by atoms with Crippen LogP contribution in [0.1, 0.15) is 59.9 Å². The van der Waals surface area contributed by atoms with Crippen molar-refractivity contribution in [3.05, 3.63) is 48.0 Å². The molecule has 0 spiro atoms. The van der Waals surface area contributed by atoms with E-state index in [-0.39, 0.29) is 29.7 Å². The van der Waals surface area contributed by atoms with Gasteiger partial charge in [0.1, 0.15) is 12.1 Å². The fourth-order valence-electron chi connectivity index (χ4n) is 4.82. The van der Waals surface area contributed by atoms with Gasteiger partial charge >= 0.3 is 0 Å². The number of amides is 3. The second kappa shape index (κ2) is 12.9. The number of aliphatic hydroxyl groups is 1. The van der Waals surface area contributed by atoms with Crippen LogP contribution in [0.2, 0.25) is 0 Å².